The number of carboxylic acids is 1. The molecule has 2 aromatic carbocycles. The lowest BCUT2D eigenvalue weighted by atomic mass is 10.1. The van der Waals surface area contributed by atoms with Crippen molar-refractivity contribution >= 4 is 11.5 Å². The van der Waals surface area contributed by atoms with Gasteiger partial charge in [0, 0.05) is 0 Å². The molecule has 0 amide bonds. The van der Waals surface area contributed by atoms with Crippen LogP contribution in [0.1, 0.15) is 22.8 Å². The van der Waals surface area contributed by atoms with E-state index < -0.39 is 5.97 Å². The summed E-state index contributed by atoms with van der Waals surface area (Å²) in [5.41, 5.74) is 2.67. The Kier molecular flexibility index (Phi) is 5.39. The quantitative estimate of drug-likeness (QED) is 0.857. The van der Waals surface area contributed by atoms with Gasteiger partial charge in [0.05, 0.1) is 5.56 Å². The van der Waals surface area contributed by atoms with Crippen molar-refractivity contribution < 1.29 is 9.90 Å². The average Bonchev–Trinajstić information content (AvgIpc) is 2.41. The summed E-state index contributed by atoms with van der Waals surface area (Å²) in [6.45, 7) is 5.83. The molecule has 18 heavy (non-hydrogen) atoms. The maximum absolute atomic E-state index is 10.2. The van der Waals surface area contributed by atoms with Crippen LogP contribution in [0, 0.1) is 0 Å². The molecule has 0 aliphatic rings. The Morgan fingerprint density at radius 2 is 1.28 bits per heavy atom. The average molecular weight is 240 g/mol. The van der Waals surface area contributed by atoms with Crippen LogP contribution in [-0.4, -0.2) is 11.1 Å². The highest BCUT2D eigenvalue weighted by Crippen LogP contribution is 2.08. The molecular weight excluding hydrogens is 224 g/mol. The van der Waals surface area contributed by atoms with Gasteiger partial charge in [0.2, 0.25) is 0 Å². The Hall–Kier alpha value is -2.35. The zero-order valence-corrected chi connectivity index (χ0v) is 10.3. The molecule has 0 aliphatic carbocycles. The van der Waals surface area contributed by atoms with Gasteiger partial charge in [-0.25, -0.2) is 4.79 Å². The van der Waals surface area contributed by atoms with Crippen LogP contribution < -0.4 is 0 Å². The van der Waals surface area contributed by atoms with Crippen molar-refractivity contribution in [1.29, 1.82) is 0 Å². The molecule has 0 bridgehead atoms. The van der Waals surface area contributed by atoms with Crippen molar-refractivity contribution in [3.8, 4) is 0 Å². The van der Waals surface area contributed by atoms with Crippen molar-refractivity contribution in [1.82, 2.24) is 0 Å². The topological polar surface area (TPSA) is 37.3 Å². The molecule has 2 nitrogen and oxygen atoms in total. The third kappa shape index (κ3) is 4.66. The van der Waals surface area contributed by atoms with Gasteiger partial charge in [0.15, 0.2) is 0 Å². The maximum Gasteiger partial charge on any atom is 0.335 e. The lowest BCUT2D eigenvalue weighted by molar-refractivity contribution is 0.0697. The van der Waals surface area contributed by atoms with Crippen LogP contribution in [0.3, 0.4) is 0 Å². The monoisotopic (exact) mass is 240 g/mol. The van der Waals surface area contributed by atoms with E-state index in [0.29, 0.717) is 5.56 Å². The number of hydrogen-bond donors (Lipinski definition) is 1. The highest BCUT2D eigenvalue weighted by atomic mass is 16.4. The first-order valence-electron chi connectivity index (χ1n) is 5.60. The van der Waals surface area contributed by atoms with Crippen molar-refractivity contribution in [3.05, 3.63) is 78.4 Å². The molecule has 0 fully saturated rings. The number of aromatic carboxylic acids is 1. The molecule has 0 atom stereocenters. The number of allylic oxidation sites excluding steroid dienone is 1. The summed E-state index contributed by atoms with van der Waals surface area (Å²) in [5.74, 6) is -0.879. The zero-order valence-electron chi connectivity index (χ0n) is 10.3. The lowest BCUT2D eigenvalue weighted by Crippen LogP contribution is -1.93. The number of carboxylic acid groups (broad SMARTS) is 1. The van der Waals surface area contributed by atoms with E-state index in [4.69, 9.17) is 5.11 Å². The fourth-order valence-corrected chi connectivity index (χ4v) is 1.30. The van der Waals surface area contributed by atoms with Crippen LogP contribution in [0.4, 0.5) is 0 Å². The molecule has 0 unspecified atom stereocenters. The minimum absolute atomic E-state index is 0.331. The van der Waals surface area contributed by atoms with E-state index in [0.717, 1.165) is 5.57 Å². The van der Waals surface area contributed by atoms with Gasteiger partial charge >= 0.3 is 5.97 Å². The Balaban J connectivity index is 0.000000180. The smallest absolute Gasteiger partial charge is 0.335 e. The van der Waals surface area contributed by atoms with Crippen LogP contribution in [0.2, 0.25) is 0 Å². The molecule has 0 spiro atoms. The molecule has 0 radical (unpaired) electrons. The second-order valence-electron chi connectivity index (χ2n) is 3.82. The van der Waals surface area contributed by atoms with E-state index in [9.17, 15) is 4.79 Å². The van der Waals surface area contributed by atoms with Gasteiger partial charge in [-0.05, 0) is 24.6 Å². The molecule has 0 aliphatic heterocycles. The summed E-state index contributed by atoms with van der Waals surface area (Å²) in [4.78, 5) is 10.2. The fraction of sp³-hybridized carbons (Fsp3) is 0.0625. The molecule has 0 aromatic heterocycles. The minimum atomic E-state index is -0.879. The summed E-state index contributed by atoms with van der Waals surface area (Å²) in [7, 11) is 0. The van der Waals surface area contributed by atoms with Gasteiger partial charge in [0.25, 0.3) is 0 Å². The molecule has 2 rings (SSSR count). The number of carbonyl (C=O) groups is 1. The SMILES string of the molecule is C=C(C)c1ccccc1.O=C(O)c1ccccc1. The molecule has 1 N–H and O–H groups in total. The standard InChI is InChI=1S/C9H10.C7H6O2/c1-8(2)9-6-4-3-5-7-9;8-7(9)6-4-2-1-3-5-6/h3-7H,1H2,2H3;1-5H,(H,8,9). The Bertz CT molecular complexity index is 452. The van der Waals surface area contributed by atoms with Gasteiger partial charge in [0.1, 0.15) is 0 Å². The van der Waals surface area contributed by atoms with Gasteiger partial charge in [-0.2, -0.15) is 0 Å². The lowest BCUT2D eigenvalue weighted by Gasteiger charge is -1.94. The summed E-state index contributed by atoms with van der Waals surface area (Å²) in [6.07, 6.45) is 0. The van der Waals surface area contributed by atoms with Crippen LogP contribution in [0.15, 0.2) is 67.2 Å². The molecule has 0 saturated carbocycles. The van der Waals surface area contributed by atoms with Crippen LogP contribution in [0.25, 0.3) is 5.57 Å². The van der Waals surface area contributed by atoms with E-state index in [-0.39, 0.29) is 0 Å². The van der Waals surface area contributed by atoms with Gasteiger partial charge < -0.3 is 5.11 Å². The van der Waals surface area contributed by atoms with Gasteiger partial charge in [-0.1, -0.05) is 60.7 Å². The van der Waals surface area contributed by atoms with Crippen molar-refractivity contribution in [2.24, 2.45) is 0 Å². The molecule has 2 heteroatoms. The molecular formula is C16H16O2. The van der Waals surface area contributed by atoms with Crippen LogP contribution in [-0.2, 0) is 0 Å². The summed E-state index contributed by atoms with van der Waals surface area (Å²) >= 11 is 0. The molecule has 92 valence electrons. The zero-order chi connectivity index (χ0) is 13.4. The third-order valence-electron chi connectivity index (χ3n) is 2.29. The van der Waals surface area contributed by atoms with E-state index in [1.165, 1.54) is 5.56 Å². The first-order chi connectivity index (χ1) is 8.61. The molecule has 0 heterocycles. The van der Waals surface area contributed by atoms with Crippen molar-refractivity contribution in [2.75, 3.05) is 0 Å². The first kappa shape index (κ1) is 13.7. The summed E-state index contributed by atoms with van der Waals surface area (Å²) in [6, 6.07) is 18.5. The van der Waals surface area contributed by atoms with E-state index in [2.05, 4.69) is 18.7 Å². The first-order valence-corrected chi connectivity index (χ1v) is 5.60. The summed E-state index contributed by atoms with van der Waals surface area (Å²) < 4.78 is 0. The predicted octanol–water partition coefficient (Wildman–Crippen LogP) is 4.10. The van der Waals surface area contributed by atoms with Crippen molar-refractivity contribution in [2.45, 2.75) is 6.92 Å². The Labute approximate surface area is 107 Å². The highest BCUT2D eigenvalue weighted by Gasteiger charge is 1.96. The summed E-state index contributed by atoms with van der Waals surface area (Å²) in [5, 5.41) is 8.38. The van der Waals surface area contributed by atoms with Crippen LogP contribution in [0.5, 0.6) is 0 Å². The van der Waals surface area contributed by atoms with Crippen molar-refractivity contribution in [3.63, 3.8) is 0 Å². The van der Waals surface area contributed by atoms with Gasteiger partial charge in [-0.3, -0.25) is 0 Å². The second kappa shape index (κ2) is 7.07. The Morgan fingerprint density at radius 1 is 0.889 bits per heavy atom. The van der Waals surface area contributed by atoms with E-state index in [1.54, 1.807) is 30.3 Å². The normalized spacial score (nSPS) is 8.94. The number of hydrogen-bond acceptors (Lipinski definition) is 1. The fourth-order valence-electron chi connectivity index (χ4n) is 1.30. The molecule has 2 aromatic rings. The van der Waals surface area contributed by atoms with Crippen LogP contribution >= 0.6 is 0 Å². The number of benzene rings is 2. The second-order valence-corrected chi connectivity index (χ2v) is 3.82. The number of rotatable bonds is 2. The van der Waals surface area contributed by atoms with Gasteiger partial charge in [-0.15, -0.1) is 0 Å². The third-order valence-corrected chi connectivity index (χ3v) is 2.29. The Morgan fingerprint density at radius 3 is 1.50 bits per heavy atom. The molecule has 0 saturated heterocycles. The predicted molar refractivity (Wildman–Crippen MR) is 74.6 cm³/mol. The minimum Gasteiger partial charge on any atom is -0.478 e. The highest BCUT2D eigenvalue weighted by molar-refractivity contribution is 5.87. The van der Waals surface area contributed by atoms with E-state index >= 15 is 0 Å². The van der Waals surface area contributed by atoms with E-state index in [1.807, 2.05) is 25.1 Å². The largest absolute Gasteiger partial charge is 0.478 e. The maximum atomic E-state index is 10.2.